The van der Waals surface area contributed by atoms with Gasteiger partial charge in [-0.2, -0.15) is 0 Å². The van der Waals surface area contributed by atoms with Gasteiger partial charge in [0, 0.05) is 12.5 Å². The molecule has 8 heteroatoms. The maximum Gasteiger partial charge on any atom is 0.573 e. The fourth-order valence-electron chi connectivity index (χ4n) is 2.02. The number of aliphatic carboxylic acids is 1. The molecular formula is C15H18F3NO4. The standard InChI is InChI=1S/C15H18F3NO4/c1-10(2)19(9-14(21)22)13(20)8-7-11-5-3-4-6-12(11)23-15(16,17)18/h3-6,10H,7-9H2,1-2H3,(H,21,22). The summed E-state index contributed by atoms with van der Waals surface area (Å²) in [6.07, 6.45) is -4.90. The minimum Gasteiger partial charge on any atom is -0.480 e. The molecule has 5 nitrogen and oxygen atoms in total. The smallest absolute Gasteiger partial charge is 0.480 e. The fourth-order valence-corrected chi connectivity index (χ4v) is 2.02. The number of hydrogen-bond acceptors (Lipinski definition) is 3. The van der Waals surface area contributed by atoms with Gasteiger partial charge < -0.3 is 14.7 Å². The summed E-state index contributed by atoms with van der Waals surface area (Å²) in [7, 11) is 0. The maximum atomic E-state index is 12.3. The Bertz CT molecular complexity index is 558. The molecule has 0 unspecified atom stereocenters. The Labute approximate surface area is 131 Å². The molecule has 128 valence electrons. The fraction of sp³-hybridized carbons (Fsp3) is 0.467. The van der Waals surface area contributed by atoms with Gasteiger partial charge in [-0.25, -0.2) is 0 Å². The van der Waals surface area contributed by atoms with E-state index in [4.69, 9.17) is 5.11 Å². The Morgan fingerprint density at radius 3 is 2.39 bits per heavy atom. The molecule has 23 heavy (non-hydrogen) atoms. The second-order valence-electron chi connectivity index (χ2n) is 5.16. The van der Waals surface area contributed by atoms with Crippen LogP contribution in [0.25, 0.3) is 0 Å². The molecule has 0 bridgehead atoms. The van der Waals surface area contributed by atoms with E-state index < -0.39 is 24.8 Å². The summed E-state index contributed by atoms with van der Waals surface area (Å²) >= 11 is 0. The van der Waals surface area contributed by atoms with Crippen LogP contribution in [0.3, 0.4) is 0 Å². The van der Waals surface area contributed by atoms with Crippen molar-refractivity contribution in [2.24, 2.45) is 0 Å². The monoisotopic (exact) mass is 333 g/mol. The Kier molecular flexibility index (Phi) is 6.41. The number of ether oxygens (including phenoxy) is 1. The summed E-state index contributed by atoms with van der Waals surface area (Å²) in [5.74, 6) is -1.95. The summed E-state index contributed by atoms with van der Waals surface area (Å²) < 4.78 is 40.9. The quantitative estimate of drug-likeness (QED) is 0.833. The Hall–Kier alpha value is -2.25. The number of carbonyl (C=O) groups is 2. The average Bonchev–Trinajstić information content (AvgIpc) is 2.41. The van der Waals surface area contributed by atoms with Gasteiger partial charge in [0.05, 0.1) is 0 Å². The van der Waals surface area contributed by atoms with E-state index in [1.807, 2.05) is 0 Å². The van der Waals surface area contributed by atoms with Gasteiger partial charge in [0.2, 0.25) is 5.91 Å². The van der Waals surface area contributed by atoms with E-state index in [-0.39, 0.29) is 30.2 Å². The van der Waals surface area contributed by atoms with Crippen molar-refractivity contribution in [1.29, 1.82) is 0 Å². The topological polar surface area (TPSA) is 66.8 Å². The average molecular weight is 333 g/mol. The van der Waals surface area contributed by atoms with E-state index >= 15 is 0 Å². The molecule has 0 spiro atoms. The predicted molar refractivity (Wildman–Crippen MR) is 75.9 cm³/mol. The zero-order chi connectivity index (χ0) is 17.6. The van der Waals surface area contributed by atoms with Crippen LogP contribution in [0.4, 0.5) is 13.2 Å². The van der Waals surface area contributed by atoms with Gasteiger partial charge in [0.1, 0.15) is 12.3 Å². The molecule has 0 aliphatic heterocycles. The third-order valence-electron chi connectivity index (χ3n) is 3.06. The number of aryl methyl sites for hydroxylation is 1. The normalized spacial score (nSPS) is 11.4. The van der Waals surface area contributed by atoms with E-state index in [1.165, 1.54) is 18.2 Å². The molecule has 0 atom stereocenters. The van der Waals surface area contributed by atoms with E-state index in [0.29, 0.717) is 0 Å². The SMILES string of the molecule is CC(C)N(CC(=O)O)C(=O)CCc1ccccc1OC(F)(F)F. The largest absolute Gasteiger partial charge is 0.573 e. The molecule has 0 saturated heterocycles. The molecule has 1 aromatic rings. The molecule has 0 aliphatic carbocycles. The van der Waals surface area contributed by atoms with Crippen molar-refractivity contribution in [3.05, 3.63) is 29.8 Å². The summed E-state index contributed by atoms with van der Waals surface area (Å²) in [5.41, 5.74) is 0.234. The second kappa shape index (κ2) is 7.85. The van der Waals surface area contributed by atoms with Crippen LogP contribution in [-0.4, -0.2) is 40.8 Å². The lowest BCUT2D eigenvalue weighted by molar-refractivity contribution is -0.274. The van der Waals surface area contributed by atoms with Crippen LogP contribution >= 0.6 is 0 Å². The lowest BCUT2D eigenvalue weighted by Gasteiger charge is -2.25. The number of carboxylic acid groups (broad SMARTS) is 1. The predicted octanol–water partition coefficient (Wildman–Crippen LogP) is 2.84. The highest BCUT2D eigenvalue weighted by molar-refractivity contribution is 5.81. The highest BCUT2D eigenvalue weighted by Crippen LogP contribution is 2.27. The van der Waals surface area contributed by atoms with E-state index in [9.17, 15) is 22.8 Å². The molecular weight excluding hydrogens is 315 g/mol. The lowest BCUT2D eigenvalue weighted by Crippen LogP contribution is -2.40. The number of hydrogen-bond donors (Lipinski definition) is 1. The summed E-state index contributed by atoms with van der Waals surface area (Å²) in [6, 6.07) is 5.23. The van der Waals surface area contributed by atoms with Crippen molar-refractivity contribution < 1.29 is 32.6 Å². The van der Waals surface area contributed by atoms with E-state index in [0.717, 1.165) is 4.90 Å². The number of carboxylic acids is 1. The number of amides is 1. The second-order valence-corrected chi connectivity index (χ2v) is 5.16. The van der Waals surface area contributed by atoms with Crippen LogP contribution in [0.2, 0.25) is 0 Å². The molecule has 1 aromatic carbocycles. The van der Waals surface area contributed by atoms with Gasteiger partial charge in [-0.3, -0.25) is 9.59 Å². The Balaban J connectivity index is 2.77. The number of para-hydroxylation sites is 1. The van der Waals surface area contributed by atoms with Crippen LogP contribution in [0.1, 0.15) is 25.8 Å². The first-order valence-corrected chi connectivity index (χ1v) is 6.95. The first-order valence-electron chi connectivity index (χ1n) is 6.95. The molecule has 1 amide bonds. The Morgan fingerprint density at radius 2 is 1.87 bits per heavy atom. The molecule has 0 heterocycles. The van der Waals surface area contributed by atoms with Crippen molar-refractivity contribution >= 4 is 11.9 Å². The number of nitrogens with zero attached hydrogens (tertiary/aromatic N) is 1. The van der Waals surface area contributed by atoms with Gasteiger partial charge >= 0.3 is 12.3 Å². The van der Waals surface area contributed by atoms with Crippen molar-refractivity contribution in [1.82, 2.24) is 4.90 Å². The molecule has 0 aliphatic rings. The van der Waals surface area contributed by atoms with Crippen molar-refractivity contribution in [2.45, 2.75) is 39.1 Å². The number of rotatable bonds is 7. The van der Waals surface area contributed by atoms with Gasteiger partial charge in [-0.1, -0.05) is 18.2 Å². The first kappa shape index (κ1) is 18.8. The molecule has 1 rings (SSSR count). The zero-order valence-electron chi connectivity index (χ0n) is 12.8. The third kappa shape index (κ3) is 6.58. The number of benzene rings is 1. The lowest BCUT2D eigenvalue weighted by atomic mass is 10.1. The molecule has 1 N–H and O–H groups in total. The van der Waals surface area contributed by atoms with Crippen LogP contribution in [0.5, 0.6) is 5.75 Å². The minimum atomic E-state index is -4.81. The highest BCUT2D eigenvalue weighted by Gasteiger charge is 2.32. The third-order valence-corrected chi connectivity index (χ3v) is 3.06. The Morgan fingerprint density at radius 1 is 1.26 bits per heavy atom. The van der Waals surface area contributed by atoms with Gasteiger partial charge in [0.25, 0.3) is 0 Å². The van der Waals surface area contributed by atoms with Gasteiger partial charge in [-0.15, -0.1) is 13.2 Å². The minimum absolute atomic E-state index is 0.0218. The van der Waals surface area contributed by atoms with E-state index in [1.54, 1.807) is 19.9 Å². The maximum absolute atomic E-state index is 12.3. The zero-order valence-corrected chi connectivity index (χ0v) is 12.8. The van der Waals surface area contributed by atoms with Crippen molar-refractivity contribution in [3.63, 3.8) is 0 Å². The summed E-state index contributed by atoms with van der Waals surface area (Å²) in [6.45, 7) is 2.89. The van der Waals surface area contributed by atoms with Gasteiger partial charge in [0.15, 0.2) is 0 Å². The van der Waals surface area contributed by atoms with Gasteiger partial charge in [-0.05, 0) is 31.9 Å². The van der Waals surface area contributed by atoms with Crippen molar-refractivity contribution in [3.8, 4) is 5.75 Å². The first-order chi connectivity index (χ1) is 10.6. The van der Waals surface area contributed by atoms with Crippen LogP contribution in [-0.2, 0) is 16.0 Å². The number of carbonyl (C=O) groups excluding carboxylic acids is 1. The van der Waals surface area contributed by atoms with E-state index in [2.05, 4.69) is 4.74 Å². The van der Waals surface area contributed by atoms with Crippen LogP contribution < -0.4 is 4.74 Å². The summed E-state index contributed by atoms with van der Waals surface area (Å²) in [5, 5.41) is 8.80. The molecule has 0 aromatic heterocycles. The summed E-state index contributed by atoms with van der Waals surface area (Å²) in [4.78, 5) is 24.0. The molecule has 0 saturated carbocycles. The molecule has 0 fully saturated rings. The number of alkyl halides is 3. The van der Waals surface area contributed by atoms with Crippen LogP contribution in [0.15, 0.2) is 24.3 Å². The highest BCUT2D eigenvalue weighted by atomic mass is 19.4. The number of halogens is 3. The van der Waals surface area contributed by atoms with Crippen LogP contribution in [0, 0.1) is 0 Å². The van der Waals surface area contributed by atoms with Crippen molar-refractivity contribution in [2.75, 3.05) is 6.54 Å². The molecule has 0 radical (unpaired) electrons.